The lowest BCUT2D eigenvalue weighted by Crippen LogP contribution is -2.56. The number of likely N-dealkylation sites (tertiary alicyclic amines) is 1. The minimum atomic E-state index is -0.967. The van der Waals surface area contributed by atoms with E-state index >= 15 is 0 Å². The summed E-state index contributed by atoms with van der Waals surface area (Å²) in [5.41, 5.74) is 5.18. The maximum absolute atomic E-state index is 11.8. The molecule has 0 aliphatic carbocycles. The van der Waals surface area contributed by atoms with Gasteiger partial charge in [0.2, 0.25) is 0 Å². The third kappa shape index (κ3) is 3.59. The molecule has 1 heterocycles. The van der Waals surface area contributed by atoms with Crippen molar-refractivity contribution in [1.82, 2.24) is 4.90 Å². The Kier molecular flexibility index (Phi) is 3.98. The largest absolute Gasteiger partial charge is 0.481 e. The van der Waals surface area contributed by atoms with Gasteiger partial charge in [-0.3, -0.25) is 9.69 Å². The Bertz CT molecular complexity index is 311. The summed E-state index contributed by atoms with van der Waals surface area (Å²) in [7, 11) is 0. The molecule has 1 rings (SSSR count). The summed E-state index contributed by atoms with van der Waals surface area (Å²) < 4.78 is 5.19. The molecule has 17 heavy (non-hydrogen) atoms. The Morgan fingerprint density at radius 2 is 2.00 bits per heavy atom. The second kappa shape index (κ2) is 4.91. The molecule has 0 aromatic carbocycles. The first kappa shape index (κ1) is 13.8. The summed E-state index contributed by atoms with van der Waals surface area (Å²) in [4.78, 5) is 24.1. The van der Waals surface area contributed by atoms with Gasteiger partial charge in [-0.1, -0.05) is 0 Å². The molecule has 0 aromatic heterocycles. The van der Waals surface area contributed by atoms with Crippen LogP contribution in [0.15, 0.2) is 0 Å². The van der Waals surface area contributed by atoms with Crippen LogP contribution >= 0.6 is 0 Å². The Morgan fingerprint density at radius 1 is 1.41 bits per heavy atom. The van der Waals surface area contributed by atoms with E-state index in [0.717, 1.165) is 0 Å². The van der Waals surface area contributed by atoms with Gasteiger partial charge in [-0.15, -0.1) is 0 Å². The Morgan fingerprint density at radius 3 is 2.47 bits per heavy atom. The minimum Gasteiger partial charge on any atom is -0.481 e. The molecule has 0 bridgehead atoms. The SMILES string of the molecule is CC(C)(C)OC(=O)N1CCCC(C(=O)O)C1N. The van der Waals surface area contributed by atoms with Crippen LogP contribution in [-0.2, 0) is 9.53 Å². The third-order valence-electron chi connectivity index (χ3n) is 2.63. The van der Waals surface area contributed by atoms with Gasteiger partial charge in [-0.2, -0.15) is 0 Å². The summed E-state index contributed by atoms with van der Waals surface area (Å²) in [5.74, 6) is -1.68. The summed E-state index contributed by atoms with van der Waals surface area (Å²) >= 11 is 0. The second-order valence-electron chi connectivity index (χ2n) is 5.25. The van der Waals surface area contributed by atoms with E-state index in [0.29, 0.717) is 19.4 Å². The van der Waals surface area contributed by atoms with Crippen LogP contribution in [0.3, 0.4) is 0 Å². The van der Waals surface area contributed by atoms with Crippen LogP contribution in [0, 0.1) is 5.92 Å². The number of rotatable bonds is 1. The van der Waals surface area contributed by atoms with E-state index in [4.69, 9.17) is 15.6 Å². The van der Waals surface area contributed by atoms with E-state index in [1.807, 2.05) is 0 Å². The van der Waals surface area contributed by atoms with Crippen molar-refractivity contribution < 1.29 is 19.4 Å². The van der Waals surface area contributed by atoms with Crippen LogP contribution < -0.4 is 5.73 Å². The van der Waals surface area contributed by atoms with Crippen LogP contribution in [0.2, 0.25) is 0 Å². The summed E-state index contributed by atoms with van der Waals surface area (Å²) in [5, 5.41) is 8.98. The van der Waals surface area contributed by atoms with Crippen LogP contribution in [0.5, 0.6) is 0 Å². The van der Waals surface area contributed by atoms with Crippen LogP contribution in [0.1, 0.15) is 33.6 Å². The molecule has 1 aliphatic rings. The lowest BCUT2D eigenvalue weighted by molar-refractivity contribution is -0.145. The van der Waals surface area contributed by atoms with Gasteiger partial charge in [0.1, 0.15) is 5.60 Å². The van der Waals surface area contributed by atoms with E-state index < -0.39 is 29.7 Å². The van der Waals surface area contributed by atoms with E-state index in [-0.39, 0.29) is 0 Å². The number of nitrogens with two attached hydrogens (primary N) is 1. The smallest absolute Gasteiger partial charge is 0.411 e. The summed E-state index contributed by atoms with van der Waals surface area (Å²) in [6.07, 6.45) is -0.230. The van der Waals surface area contributed by atoms with E-state index in [1.54, 1.807) is 20.8 Å². The fraction of sp³-hybridized carbons (Fsp3) is 0.818. The molecule has 6 nitrogen and oxygen atoms in total. The number of carbonyl (C=O) groups excluding carboxylic acids is 1. The minimum absolute atomic E-state index is 0.444. The van der Waals surface area contributed by atoms with Crippen molar-refractivity contribution in [2.75, 3.05) is 6.54 Å². The topological polar surface area (TPSA) is 92.9 Å². The number of carboxylic acid groups (broad SMARTS) is 1. The highest BCUT2D eigenvalue weighted by atomic mass is 16.6. The maximum atomic E-state index is 11.8. The predicted octanol–water partition coefficient (Wildman–Crippen LogP) is 1.00. The molecular formula is C11H20N2O4. The number of amides is 1. The zero-order chi connectivity index (χ0) is 13.2. The van der Waals surface area contributed by atoms with E-state index in [1.165, 1.54) is 4.90 Å². The van der Waals surface area contributed by atoms with Crippen LogP contribution in [-0.4, -0.2) is 40.4 Å². The molecule has 2 unspecified atom stereocenters. The first-order valence-corrected chi connectivity index (χ1v) is 5.70. The monoisotopic (exact) mass is 244 g/mol. The first-order chi connectivity index (χ1) is 7.72. The molecule has 6 heteroatoms. The second-order valence-corrected chi connectivity index (χ2v) is 5.25. The van der Waals surface area contributed by atoms with E-state index in [2.05, 4.69) is 0 Å². The highest BCUT2D eigenvalue weighted by Gasteiger charge is 2.37. The van der Waals surface area contributed by atoms with Gasteiger partial charge in [-0.25, -0.2) is 4.79 Å². The fourth-order valence-corrected chi connectivity index (χ4v) is 1.82. The quantitative estimate of drug-likeness (QED) is 0.717. The lowest BCUT2D eigenvalue weighted by Gasteiger charge is -2.37. The Labute approximate surface area is 101 Å². The third-order valence-corrected chi connectivity index (χ3v) is 2.63. The van der Waals surface area contributed by atoms with Gasteiger partial charge in [0.15, 0.2) is 0 Å². The maximum Gasteiger partial charge on any atom is 0.411 e. The standard InChI is InChI=1S/C11H20N2O4/c1-11(2,3)17-10(16)13-6-4-5-7(8(13)12)9(14)15/h7-8H,4-6,12H2,1-3H3,(H,14,15). The van der Waals surface area contributed by atoms with Crippen molar-refractivity contribution in [3.8, 4) is 0 Å². The molecule has 1 amide bonds. The van der Waals surface area contributed by atoms with Gasteiger partial charge in [0.05, 0.1) is 12.1 Å². The number of carbonyl (C=O) groups is 2. The molecule has 1 fully saturated rings. The number of hydrogen-bond donors (Lipinski definition) is 2. The molecular weight excluding hydrogens is 224 g/mol. The summed E-state index contributed by atoms with van der Waals surface area (Å²) in [6, 6.07) is 0. The van der Waals surface area contributed by atoms with Crippen molar-refractivity contribution in [3.05, 3.63) is 0 Å². The molecule has 0 saturated carbocycles. The normalized spacial score (nSPS) is 25.5. The van der Waals surface area contributed by atoms with Crippen molar-refractivity contribution in [3.63, 3.8) is 0 Å². The number of piperidine rings is 1. The van der Waals surface area contributed by atoms with Gasteiger partial charge >= 0.3 is 12.1 Å². The molecule has 0 aromatic rings. The van der Waals surface area contributed by atoms with Crippen LogP contribution in [0.25, 0.3) is 0 Å². The average Bonchev–Trinajstić information content (AvgIpc) is 2.14. The highest BCUT2D eigenvalue weighted by Crippen LogP contribution is 2.22. The summed E-state index contributed by atoms with van der Waals surface area (Å²) in [6.45, 7) is 5.72. The highest BCUT2D eigenvalue weighted by molar-refractivity contribution is 5.74. The van der Waals surface area contributed by atoms with Gasteiger partial charge in [0.25, 0.3) is 0 Å². The van der Waals surface area contributed by atoms with Gasteiger partial charge in [-0.05, 0) is 33.6 Å². The number of hydrogen-bond acceptors (Lipinski definition) is 4. The van der Waals surface area contributed by atoms with Gasteiger partial charge < -0.3 is 15.6 Å². The molecule has 1 aliphatic heterocycles. The fourth-order valence-electron chi connectivity index (χ4n) is 1.82. The number of nitrogens with zero attached hydrogens (tertiary/aromatic N) is 1. The number of carboxylic acids is 1. The average molecular weight is 244 g/mol. The Hall–Kier alpha value is -1.30. The Balaban J connectivity index is 2.70. The predicted molar refractivity (Wildman–Crippen MR) is 61.3 cm³/mol. The van der Waals surface area contributed by atoms with Crippen molar-refractivity contribution >= 4 is 12.1 Å². The molecule has 0 spiro atoms. The zero-order valence-electron chi connectivity index (χ0n) is 10.5. The van der Waals surface area contributed by atoms with Gasteiger partial charge in [0, 0.05) is 6.54 Å². The molecule has 0 radical (unpaired) electrons. The van der Waals surface area contributed by atoms with Crippen molar-refractivity contribution in [1.29, 1.82) is 0 Å². The van der Waals surface area contributed by atoms with Crippen molar-refractivity contribution in [2.24, 2.45) is 11.7 Å². The van der Waals surface area contributed by atoms with Crippen molar-refractivity contribution in [2.45, 2.75) is 45.4 Å². The molecule has 1 saturated heterocycles. The van der Waals surface area contributed by atoms with Crippen LogP contribution in [0.4, 0.5) is 4.79 Å². The zero-order valence-corrected chi connectivity index (χ0v) is 10.5. The van der Waals surface area contributed by atoms with E-state index in [9.17, 15) is 9.59 Å². The number of aliphatic carboxylic acids is 1. The number of ether oxygens (including phenoxy) is 1. The first-order valence-electron chi connectivity index (χ1n) is 5.70. The lowest BCUT2D eigenvalue weighted by atomic mass is 9.95. The molecule has 3 N–H and O–H groups in total. The molecule has 98 valence electrons. The molecule has 2 atom stereocenters.